The van der Waals surface area contributed by atoms with E-state index in [-0.39, 0.29) is 5.91 Å². The van der Waals surface area contributed by atoms with E-state index in [4.69, 9.17) is 0 Å². The Balaban J connectivity index is 1.96. The summed E-state index contributed by atoms with van der Waals surface area (Å²) in [6.07, 6.45) is 1.62. The number of halogens is 1. The molecule has 6 heteroatoms. The third kappa shape index (κ3) is 2.34. The van der Waals surface area contributed by atoms with E-state index < -0.39 is 0 Å². The van der Waals surface area contributed by atoms with Crippen molar-refractivity contribution in [3.8, 4) is 0 Å². The second-order valence-electron chi connectivity index (χ2n) is 3.93. The number of hydrogen-bond acceptors (Lipinski definition) is 3. The average molecular weight is 317 g/mol. The fourth-order valence-corrected chi connectivity index (χ4v) is 2.13. The van der Waals surface area contributed by atoms with E-state index in [9.17, 15) is 4.79 Å². The van der Waals surface area contributed by atoms with Crippen molar-refractivity contribution in [3.63, 3.8) is 0 Å². The maximum Gasteiger partial charge on any atom is 0.277 e. The fourth-order valence-electron chi connectivity index (χ4n) is 1.77. The maximum absolute atomic E-state index is 12.2. The molecule has 0 saturated heterocycles. The van der Waals surface area contributed by atoms with Crippen molar-refractivity contribution >= 4 is 38.6 Å². The number of amides is 1. The van der Waals surface area contributed by atoms with E-state index in [0.29, 0.717) is 11.5 Å². The highest BCUT2D eigenvalue weighted by Gasteiger charge is 2.14. The number of aromatic amines is 1. The molecule has 3 aromatic rings. The van der Waals surface area contributed by atoms with Crippen molar-refractivity contribution in [2.75, 3.05) is 5.32 Å². The Kier molecular flexibility index (Phi) is 3.00. The van der Waals surface area contributed by atoms with E-state index in [1.165, 1.54) is 0 Å². The van der Waals surface area contributed by atoms with Crippen LogP contribution >= 0.6 is 15.9 Å². The molecule has 0 atom stereocenters. The molecule has 0 bridgehead atoms. The number of hydrogen-bond donors (Lipinski definition) is 2. The Morgan fingerprint density at radius 2 is 2.16 bits per heavy atom. The van der Waals surface area contributed by atoms with Gasteiger partial charge in [0.15, 0.2) is 5.69 Å². The molecule has 2 heterocycles. The van der Waals surface area contributed by atoms with Gasteiger partial charge in [-0.3, -0.25) is 9.89 Å². The largest absolute Gasteiger partial charge is 0.305 e. The molecule has 0 aliphatic rings. The summed E-state index contributed by atoms with van der Waals surface area (Å²) in [6, 6.07) is 10.9. The number of fused-ring (bicyclic) bond motifs is 1. The van der Waals surface area contributed by atoms with Crippen molar-refractivity contribution < 1.29 is 4.79 Å². The Morgan fingerprint density at radius 3 is 2.95 bits per heavy atom. The highest BCUT2D eigenvalue weighted by molar-refractivity contribution is 9.10. The zero-order chi connectivity index (χ0) is 13.2. The molecule has 2 aromatic heterocycles. The Morgan fingerprint density at radius 1 is 1.26 bits per heavy atom. The van der Waals surface area contributed by atoms with E-state index in [2.05, 4.69) is 36.4 Å². The van der Waals surface area contributed by atoms with Gasteiger partial charge in [-0.1, -0.05) is 22.0 Å². The first kappa shape index (κ1) is 11.9. The number of nitrogens with zero attached hydrogens (tertiary/aromatic N) is 2. The molecule has 0 aliphatic heterocycles. The van der Waals surface area contributed by atoms with Crippen molar-refractivity contribution in [2.45, 2.75) is 0 Å². The number of carbonyl (C=O) groups excluding carboxylic acids is 1. The quantitative estimate of drug-likeness (QED) is 0.763. The first-order chi connectivity index (χ1) is 9.24. The summed E-state index contributed by atoms with van der Waals surface area (Å²) < 4.78 is 0.897. The first-order valence-corrected chi connectivity index (χ1v) is 6.39. The first-order valence-electron chi connectivity index (χ1n) is 5.60. The number of nitrogens with one attached hydrogen (secondary N) is 2. The number of pyridine rings is 1. The molecule has 0 fully saturated rings. The third-order valence-electron chi connectivity index (χ3n) is 2.65. The predicted molar refractivity (Wildman–Crippen MR) is 76.0 cm³/mol. The standard InChI is InChI=1S/C13H9BrN4O/c14-8-4-5-10-9(7-8)12(18-17-10)13(19)16-11-3-1-2-6-15-11/h1-7H,(H,17,18)(H,15,16,19). The van der Waals surface area contributed by atoms with Gasteiger partial charge in [-0.05, 0) is 30.3 Å². The average Bonchev–Trinajstić information content (AvgIpc) is 2.82. The molecule has 3 rings (SSSR count). The van der Waals surface area contributed by atoms with Crippen LogP contribution in [0.15, 0.2) is 47.1 Å². The summed E-state index contributed by atoms with van der Waals surface area (Å²) in [4.78, 5) is 16.2. The summed E-state index contributed by atoms with van der Waals surface area (Å²) >= 11 is 3.38. The van der Waals surface area contributed by atoms with E-state index >= 15 is 0 Å². The Bertz CT molecular complexity index is 739. The second-order valence-corrected chi connectivity index (χ2v) is 4.85. The highest BCUT2D eigenvalue weighted by atomic mass is 79.9. The number of anilines is 1. The van der Waals surface area contributed by atoms with Crippen LogP contribution in [0.2, 0.25) is 0 Å². The number of aromatic nitrogens is 3. The fraction of sp³-hybridized carbons (Fsp3) is 0. The summed E-state index contributed by atoms with van der Waals surface area (Å²) in [5.41, 5.74) is 1.16. The van der Waals surface area contributed by atoms with Gasteiger partial charge < -0.3 is 5.32 Å². The van der Waals surface area contributed by atoms with Crippen molar-refractivity contribution in [1.29, 1.82) is 0 Å². The van der Waals surface area contributed by atoms with Crippen LogP contribution < -0.4 is 5.32 Å². The van der Waals surface area contributed by atoms with Gasteiger partial charge in [0.25, 0.3) is 5.91 Å². The molecule has 1 aromatic carbocycles. The molecule has 0 unspecified atom stereocenters. The van der Waals surface area contributed by atoms with Crippen LogP contribution in [0.3, 0.4) is 0 Å². The van der Waals surface area contributed by atoms with Gasteiger partial charge >= 0.3 is 0 Å². The molecule has 1 amide bonds. The van der Waals surface area contributed by atoms with Crippen LogP contribution in [0.1, 0.15) is 10.5 Å². The lowest BCUT2D eigenvalue weighted by Crippen LogP contribution is -2.13. The molecule has 0 radical (unpaired) electrons. The van der Waals surface area contributed by atoms with Crippen molar-refractivity contribution in [2.24, 2.45) is 0 Å². The minimum Gasteiger partial charge on any atom is -0.305 e. The summed E-state index contributed by atoms with van der Waals surface area (Å²) in [6.45, 7) is 0. The summed E-state index contributed by atoms with van der Waals surface area (Å²) in [5.74, 6) is 0.210. The predicted octanol–water partition coefficient (Wildman–Crippen LogP) is 2.97. The van der Waals surface area contributed by atoms with Gasteiger partial charge in [0, 0.05) is 16.1 Å². The molecule has 0 spiro atoms. The zero-order valence-corrected chi connectivity index (χ0v) is 11.3. The molecule has 0 aliphatic carbocycles. The van der Waals surface area contributed by atoms with Crippen LogP contribution in [-0.2, 0) is 0 Å². The van der Waals surface area contributed by atoms with Crippen LogP contribution in [0, 0.1) is 0 Å². The highest BCUT2D eigenvalue weighted by Crippen LogP contribution is 2.21. The van der Waals surface area contributed by atoms with Crippen LogP contribution in [0.4, 0.5) is 5.82 Å². The van der Waals surface area contributed by atoms with Crippen LogP contribution in [0.25, 0.3) is 10.9 Å². The number of H-pyrrole nitrogens is 1. The summed E-state index contributed by atoms with van der Waals surface area (Å²) in [7, 11) is 0. The minimum absolute atomic E-state index is 0.289. The van der Waals surface area contributed by atoms with Gasteiger partial charge in [-0.25, -0.2) is 4.98 Å². The van der Waals surface area contributed by atoms with E-state index in [1.54, 1.807) is 18.3 Å². The normalized spacial score (nSPS) is 10.6. The SMILES string of the molecule is O=C(Nc1ccccn1)c1n[nH]c2ccc(Br)cc12. The second kappa shape index (κ2) is 4.81. The monoisotopic (exact) mass is 316 g/mol. The molecule has 19 heavy (non-hydrogen) atoms. The van der Waals surface area contributed by atoms with Crippen molar-refractivity contribution in [3.05, 3.63) is 52.8 Å². The molecule has 2 N–H and O–H groups in total. The van der Waals surface area contributed by atoms with Gasteiger partial charge in [-0.15, -0.1) is 0 Å². The molecular weight excluding hydrogens is 308 g/mol. The van der Waals surface area contributed by atoms with Crippen LogP contribution in [-0.4, -0.2) is 21.1 Å². The third-order valence-corrected chi connectivity index (χ3v) is 3.14. The number of carbonyl (C=O) groups is 1. The lowest BCUT2D eigenvalue weighted by Gasteiger charge is -2.01. The van der Waals surface area contributed by atoms with Gasteiger partial charge in [0.05, 0.1) is 5.52 Å². The zero-order valence-electron chi connectivity index (χ0n) is 9.72. The van der Waals surface area contributed by atoms with Crippen molar-refractivity contribution in [1.82, 2.24) is 15.2 Å². The minimum atomic E-state index is -0.289. The lowest BCUT2D eigenvalue weighted by molar-refractivity contribution is 0.102. The van der Waals surface area contributed by atoms with Crippen LogP contribution in [0.5, 0.6) is 0 Å². The van der Waals surface area contributed by atoms with Gasteiger partial charge in [0.1, 0.15) is 5.82 Å². The summed E-state index contributed by atoms with van der Waals surface area (Å²) in [5, 5.41) is 10.4. The maximum atomic E-state index is 12.2. The smallest absolute Gasteiger partial charge is 0.277 e. The van der Waals surface area contributed by atoms with Gasteiger partial charge in [-0.2, -0.15) is 5.10 Å². The molecule has 5 nitrogen and oxygen atoms in total. The Hall–Kier alpha value is -2.21. The van der Waals surface area contributed by atoms with E-state index in [1.807, 2.05) is 24.3 Å². The molecular formula is C13H9BrN4O. The van der Waals surface area contributed by atoms with Gasteiger partial charge in [0.2, 0.25) is 0 Å². The van der Waals surface area contributed by atoms with E-state index in [0.717, 1.165) is 15.4 Å². The molecule has 94 valence electrons. The molecule has 0 saturated carbocycles. The Labute approximate surface area is 117 Å². The number of rotatable bonds is 2. The topological polar surface area (TPSA) is 70.7 Å². The number of benzene rings is 1. The lowest BCUT2D eigenvalue weighted by atomic mass is 10.2.